The summed E-state index contributed by atoms with van der Waals surface area (Å²) in [6.45, 7) is 5.21. The largest absolute Gasteiger partial charge is 0.490 e. The Labute approximate surface area is 185 Å². The van der Waals surface area contributed by atoms with Gasteiger partial charge < -0.3 is 19.6 Å². The van der Waals surface area contributed by atoms with E-state index in [9.17, 15) is 18.0 Å². The number of nitrogens with zero attached hydrogens (tertiary/aromatic N) is 4. The fourth-order valence-electron chi connectivity index (χ4n) is 5.13. The summed E-state index contributed by atoms with van der Waals surface area (Å²) in [5, 5.41) is 11.5. The predicted molar refractivity (Wildman–Crippen MR) is 109 cm³/mol. The second-order valence-corrected chi connectivity index (χ2v) is 8.92. The van der Waals surface area contributed by atoms with Crippen LogP contribution in [0.1, 0.15) is 43.6 Å². The number of aliphatic carboxylic acids is 1. The summed E-state index contributed by atoms with van der Waals surface area (Å²) in [6, 6.07) is 0. The van der Waals surface area contributed by atoms with Gasteiger partial charge in [0.15, 0.2) is 0 Å². The number of hydrogen-bond acceptors (Lipinski definition) is 5. The van der Waals surface area contributed by atoms with Crippen LogP contribution in [-0.2, 0) is 21.4 Å². The molecule has 3 aliphatic rings. The van der Waals surface area contributed by atoms with Gasteiger partial charge in [-0.15, -0.1) is 0 Å². The lowest BCUT2D eigenvalue weighted by molar-refractivity contribution is -0.192. The lowest BCUT2D eigenvalue weighted by Gasteiger charge is -2.47. The molecule has 3 fully saturated rings. The highest BCUT2D eigenvalue weighted by Crippen LogP contribution is 2.48. The summed E-state index contributed by atoms with van der Waals surface area (Å²) >= 11 is 0. The van der Waals surface area contributed by atoms with Gasteiger partial charge in [-0.05, 0) is 37.2 Å². The predicted octanol–water partition coefficient (Wildman–Crippen LogP) is 2.26. The first-order valence-corrected chi connectivity index (χ1v) is 10.9. The van der Waals surface area contributed by atoms with Gasteiger partial charge in [0, 0.05) is 65.5 Å². The summed E-state index contributed by atoms with van der Waals surface area (Å²) < 4.78 is 39.1. The van der Waals surface area contributed by atoms with E-state index >= 15 is 0 Å². The highest BCUT2D eigenvalue weighted by molar-refractivity contribution is 5.81. The number of halogens is 3. The highest BCUT2D eigenvalue weighted by Gasteiger charge is 2.53. The maximum atomic E-state index is 12.5. The van der Waals surface area contributed by atoms with Gasteiger partial charge in [-0.3, -0.25) is 9.48 Å². The van der Waals surface area contributed by atoms with Crippen molar-refractivity contribution in [2.75, 3.05) is 39.9 Å². The SMILES string of the molecule is CN1C(=O)CC(c2cnn(C)c2)C12CCN(CC1CCOCC1)CC2.O=C(O)C(F)(F)F. The minimum Gasteiger partial charge on any atom is -0.475 e. The van der Waals surface area contributed by atoms with E-state index in [0.29, 0.717) is 6.42 Å². The van der Waals surface area contributed by atoms with Crippen LogP contribution < -0.4 is 0 Å². The Morgan fingerprint density at radius 3 is 2.34 bits per heavy atom. The van der Waals surface area contributed by atoms with E-state index in [4.69, 9.17) is 14.6 Å². The number of carboxylic acid groups (broad SMARTS) is 1. The Bertz CT molecular complexity index is 799. The first-order valence-electron chi connectivity index (χ1n) is 10.9. The van der Waals surface area contributed by atoms with Crippen LogP contribution in [-0.4, -0.2) is 88.2 Å². The van der Waals surface area contributed by atoms with Crippen LogP contribution in [0.2, 0.25) is 0 Å². The molecule has 0 bridgehead atoms. The maximum absolute atomic E-state index is 12.5. The number of aryl methyl sites for hydroxylation is 1. The molecule has 0 aromatic carbocycles. The van der Waals surface area contributed by atoms with E-state index in [0.717, 1.165) is 45.1 Å². The third kappa shape index (κ3) is 5.43. The standard InChI is InChI=1S/C19H30N4O2.C2HF3O2/c1-21-14-16(12-20-21)17-11-18(24)22(2)19(17)5-7-23(8-6-19)13-15-3-9-25-10-4-15;3-2(4,5)1(6)7/h12,14-15,17H,3-11,13H2,1-2H3;(H,6,7). The molecule has 32 heavy (non-hydrogen) atoms. The number of likely N-dealkylation sites (N-methyl/N-ethyl adjacent to an activating group) is 1. The molecule has 4 rings (SSSR count). The topological polar surface area (TPSA) is 87.9 Å². The second kappa shape index (κ2) is 9.78. The van der Waals surface area contributed by atoms with Gasteiger partial charge in [0.25, 0.3) is 0 Å². The molecule has 1 spiro atoms. The van der Waals surface area contributed by atoms with Gasteiger partial charge in [0.1, 0.15) is 0 Å². The Hall–Kier alpha value is -2.14. The average Bonchev–Trinajstić information content (AvgIpc) is 3.27. The number of aromatic nitrogens is 2. The van der Waals surface area contributed by atoms with Crippen LogP contribution >= 0.6 is 0 Å². The van der Waals surface area contributed by atoms with Crippen LogP contribution in [0, 0.1) is 5.92 Å². The third-order valence-electron chi connectivity index (χ3n) is 7.02. The molecule has 180 valence electrons. The Kier molecular flexibility index (Phi) is 7.49. The van der Waals surface area contributed by atoms with Crippen LogP contribution in [0.5, 0.6) is 0 Å². The van der Waals surface area contributed by atoms with E-state index in [2.05, 4.69) is 21.1 Å². The first kappa shape index (κ1) is 24.5. The zero-order valence-corrected chi connectivity index (χ0v) is 18.5. The summed E-state index contributed by atoms with van der Waals surface area (Å²) in [5.41, 5.74) is 1.20. The van der Waals surface area contributed by atoms with Gasteiger partial charge in [-0.25, -0.2) is 4.79 Å². The van der Waals surface area contributed by atoms with Crippen molar-refractivity contribution in [3.8, 4) is 0 Å². The molecule has 8 nitrogen and oxygen atoms in total. The van der Waals surface area contributed by atoms with Crippen molar-refractivity contribution in [3.05, 3.63) is 18.0 Å². The van der Waals surface area contributed by atoms with E-state index in [1.807, 2.05) is 25.0 Å². The van der Waals surface area contributed by atoms with Gasteiger partial charge in [0.2, 0.25) is 5.91 Å². The second-order valence-electron chi connectivity index (χ2n) is 8.92. The summed E-state index contributed by atoms with van der Waals surface area (Å²) in [6.07, 6.45) is 4.11. The monoisotopic (exact) mass is 460 g/mol. The minimum absolute atomic E-state index is 0.0215. The van der Waals surface area contributed by atoms with Crippen LogP contribution in [0.4, 0.5) is 13.2 Å². The molecule has 1 atom stereocenters. The third-order valence-corrected chi connectivity index (χ3v) is 7.02. The Morgan fingerprint density at radius 1 is 1.25 bits per heavy atom. The van der Waals surface area contributed by atoms with Crippen molar-refractivity contribution in [1.82, 2.24) is 19.6 Å². The van der Waals surface area contributed by atoms with E-state index in [-0.39, 0.29) is 17.4 Å². The summed E-state index contributed by atoms with van der Waals surface area (Å²) in [5.74, 6) is -1.41. The average molecular weight is 460 g/mol. The molecule has 0 radical (unpaired) electrons. The lowest BCUT2D eigenvalue weighted by atomic mass is 9.74. The number of carbonyl (C=O) groups is 2. The molecule has 3 aliphatic heterocycles. The van der Waals surface area contributed by atoms with Gasteiger partial charge in [-0.2, -0.15) is 18.3 Å². The van der Waals surface area contributed by atoms with Gasteiger partial charge in [-0.1, -0.05) is 0 Å². The van der Waals surface area contributed by atoms with Crippen molar-refractivity contribution in [2.24, 2.45) is 13.0 Å². The minimum atomic E-state index is -5.08. The fourth-order valence-corrected chi connectivity index (χ4v) is 5.13. The number of hydrogen-bond donors (Lipinski definition) is 1. The zero-order valence-electron chi connectivity index (χ0n) is 18.5. The number of rotatable bonds is 3. The van der Waals surface area contributed by atoms with Gasteiger partial charge >= 0.3 is 12.1 Å². The molecule has 1 aromatic heterocycles. The fraction of sp³-hybridized carbons (Fsp3) is 0.762. The number of alkyl halides is 3. The zero-order chi connectivity index (χ0) is 23.5. The summed E-state index contributed by atoms with van der Waals surface area (Å²) in [4.78, 5) is 26.1. The van der Waals surface area contributed by atoms with Crippen molar-refractivity contribution in [1.29, 1.82) is 0 Å². The number of amides is 1. The molecule has 3 saturated heterocycles. The van der Waals surface area contributed by atoms with Crippen molar-refractivity contribution < 1.29 is 32.6 Å². The molecule has 4 heterocycles. The first-order chi connectivity index (χ1) is 15.0. The number of piperidine rings is 1. The Balaban J connectivity index is 0.000000360. The number of ether oxygens (including phenoxy) is 1. The van der Waals surface area contributed by atoms with Crippen LogP contribution in [0.15, 0.2) is 12.4 Å². The number of likely N-dealkylation sites (tertiary alicyclic amines) is 2. The van der Waals surface area contributed by atoms with Crippen LogP contribution in [0.3, 0.4) is 0 Å². The molecule has 1 N–H and O–H groups in total. The van der Waals surface area contributed by atoms with Crippen LogP contribution in [0.25, 0.3) is 0 Å². The maximum Gasteiger partial charge on any atom is 0.490 e. The molecule has 0 saturated carbocycles. The van der Waals surface area contributed by atoms with E-state index < -0.39 is 12.1 Å². The molecule has 0 aliphatic carbocycles. The molecule has 1 aromatic rings. The van der Waals surface area contributed by atoms with Crippen molar-refractivity contribution in [3.63, 3.8) is 0 Å². The lowest BCUT2D eigenvalue weighted by Crippen LogP contribution is -2.54. The summed E-state index contributed by atoms with van der Waals surface area (Å²) in [7, 11) is 3.96. The van der Waals surface area contributed by atoms with E-state index in [1.54, 1.807) is 0 Å². The molecule has 11 heteroatoms. The van der Waals surface area contributed by atoms with Crippen molar-refractivity contribution in [2.45, 2.75) is 49.7 Å². The smallest absolute Gasteiger partial charge is 0.475 e. The number of carbonyl (C=O) groups excluding carboxylic acids is 1. The van der Waals surface area contributed by atoms with E-state index in [1.165, 1.54) is 24.9 Å². The van der Waals surface area contributed by atoms with Gasteiger partial charge in [0.05, 0.1) is 11.7 Å². The highest BCUT2D eigenvalue weighted by atomic mass is 19.4. The Morgan fingerprint density at radius 2 is 1.84 bits per heavy atom. The normalized spacial score (nSPS) is 24.5. The number of carboxylic acids is 1. The molecule has 1 unspecified atom stereocenters. The molecule has 1 amide bonds. The quantitative estimate of drug-likeness (QED) is 0.745. The van der Waals surface area contributed by atoms with Crippen molar-refractivity contribution >= 4 is 11.9 Å². The molecular weight excluding hydrogens is 429 g/mol. The molecular formula is C21H31F3N4O4.